The van der Waals surface area contributed by atoms with E-state index in [-0.39, 0.29) is 6.61 Å². The highest BCUT2D eigenvalue weighted by atomic mass is 79.9. The standard InChI is InChI=1S/C11H18BrNOS2/c1-8(10-3-4-11(12)16-10)13-9(5-6-14)7-15-2/h3-4,8-9,13-14H,5-7H2,1-2H3/t8-,9+/m0/s1. The molecule has 2 N–H and O–H groups in total. The molecule has 0 aliphatic heterocycles. The predicted octanol–water partition coefficient (Wildman–Crippen LogP) is 3.28. The molecule has 0 unspecified atom stereocenters. The molecule has 5 heteroatoms. The first-order valence-electron chi connectivity index (χ1n) is 5.28. The van der Waals surface area contributed by atoms with Crippen LogP contribution in [0.15, 0.2) is 15.9 Å². The van der Waals surface area contributed by atoms with Crippen LogP contribution in [-0.2, 0) is 0 Å². The van der Waals surface area contributed by atoms with Gasteiger partial charge < -0.3 is 10.4 Å². The summed E-state index contributed by atoms with van der Waals surface area (Å²) in [5.41, 5.74) is 0. The maximum atomic E-state index is 9.00. The van der Waals surface area contributed by atoms with Gasteiger partial charge in [0, 0.05) is 29.3 Å². The summed E-state index contributed by atoms with van der Waals surface area (Å²) in [6, 6.07) is 4.95. The molecule has 0 aliphatic rings. The number of hydrogen-bond acceptors (Lipinski definition) is 4. The number of nitrogens with one attached hydrogen (secondary N) is 1. The van der Waals surface area contributed by atoms with Gasteiger partial charge in [0.25, 0.3) is 0 Å². The molecule has 1 heterocycles. The lowest BCUT2D eigenvalue weighted by Gasteiger charge is -2.21. The monoisotopic (exact) mass is 323 g/mol. The van der Waals surface area contributed by atoms with Gasteiger partial charge in [-0.05, 0) is 47.7 Å². The Morgan fingerprint density at radius 1 is 1.56 bits per heavy atom. The van der Waals surface area contributed by atoms with Crippen molar-refractivity contribution in [1.29, 1.82) is 0 Å². The van der Waals surface area contributed by atoms with Gasteiger partial charge in [-0.1, -0.05) is 0 Å². The second kappa shape index (κ2) is 7.71. The molecule has 1 rings (SSSR count). The van der Waals surface area contributed by atoms with Gasteiger partial charge in [-0.3, -0.25) is 0 Å². The first-order chi connectivity index (χ1) is 7.67. The van der Waals surface area contributed by atoms with Crippen LogP contribution in [0.2, 0.25) is 0 Å². The van der Waals surface area contributed by atoms with Gasteiger partial charge in [0.1, 0.15) is 0 Å². The molecular weight excluding hydrogens is 306 g/mol. The molecule has 0 fully saturated rings. The van der Waals surface area contributed by atoms with Crippen LogP contribution in [0.25, 0.3) is 0 Å². The quantitative estimate of drug-likeness (QED) is 0.807. The molecule has 2 nitrogen and oxygen atoms in total. The van der Waals surface area contributed by atoms with Crippen LogP contribution < -0.4 is 5.32 Å². The topological polar surface area (TPSA) is 32.3 Å². The average molecular weight is 324 g/mol. The van der Waals surface area contributed by atoms with Crippen LogP contribution >= 0.6 is 39.0 Å². The predicted molar refractivity (Wildman–Crippen MR) is 77.4 cm³/mol. The van der Waals surface area contributed by atoms with Gasteiger partial charge in [-0.15, -0.1) is 11.3 Å². The number of halogens is 1. The second-order valence-electron chi connectivity index (χ2n) is 3.69. The second-order valence-corrected chi connectivity index (χ2v) is 7.10. The molecular formula is C11H18BrNOS2. The van der Waals surface area contributed by atoms with E-state index in [0.29, 0.717) is 12.1 Å². The first-order valence-corrected chi connectivity index (χ1v) is 8.28. The number of rotatable bonds is 7. The van der Waals surface area contributed by atoms with Crippen LogP contribution in [0.1, 0.15) is 24.3 Å². The van der Waals surface area contributed by atoms with Crippen LogP contribution in [0.5, 0.6) is 0 Å². The number of thioether (sulfide) groups is 1. The summed E-state index contributed by atoms with van der Waals surface area (Å²) >= 11 is 7.05. The van der Waals surface area contributed by atoms with Crippen molar-refractivity contribution in [1.82, 2.24) is 5.32 Å². The molecule has 0 saturated carbocycles. The SMILES string of the molecule is CSC[C@@H](CCO)N[C@@H](C)c1ccc(Br)s1. The van der Waals surface area contributed by atoms with E-state index in [9.17, 15) is 0 Å². The van der Waals surface area contributed by atoms with Gasteiger partial charge in [0.2, 0.25) is 0 Å². The molecule has 2 atom stereocenters. The maximum Gasteiger partial charge on any atom is 0.0701 e. The summed E-state index contributed by atoms with van der Waals surface area (Å²) in [5, 5.41) is 12.6. The van der Waals surface area contributed by atoms with E-state index in [4.69, 9.17) is 5.11 Å². The highest BCUT2D eigenvalue weighted by Gasteiger charge is 2.13. The average Bonchev–Trinajstić information content (AvgIpc) is 2.65. The first kappa shape index (κ1) is 14.5. The Bertz CT molecular complexity index is 300. The maximum absolute atomic E-state index is 9.00. The molecule has 92 valence electrons. The number of aliphatic hydroxyl groups is 1. The summed E-state index contributed by atoms with van der Waals surface area (Å²) in [7, 11) is 0. The normalized spacial score (nSPS) is 15.0. The molecule has 0 radical (unpaired) electrons. The molecule has 0 spiro atoms. The fourth-order valence-electron chi connectivity index (χ4n) is 1.57. The third-order valence-corrected chi connectivity index (χ3v) is 4.89. The molecule has 0 bridgehead atoms. The zero-order valence-electron chi connectivity index (χ0n) is 9.57. The van der Waals surface area contributed by atoms with E-state index in [1.807, 2.05) is 11.8 Å². The Balaban J connectivity index is 2.50. The van der Waals surface area contributed by atoms with Crippen molar-refractivity contribution in [2.75, 3.05) is 18.6 Å². The summed E-state index contributed by atoms with van der Waals surface area (Å²) < 4.78 is 1.17. The molecule has 0 amide bonds. The van der Waals surface area contributed by atoms with Crippen LogP contribution in [0.4, 0.5) is 0 Å². The minimum atomic E-state index is 0.249. The van der Waals surface area contributed by atoms with Gasteiger partial charge in [0.15, 0.2) is 0 Å². The zero-order valence-corrected chi connectivity index (χ0v) is 12.8. The van der Waals surface area contributed by atoms with E-state index >= 15 is 0 Å². The molecule has 0 aliphatic carbocycles. The van der Waals surface area contributed by atoms with Crippen molar-refractivity contribution >= 4 is 39.0 Å². The van der Waals surface area contributed by atoms with E-state index in [1.165, 1.54) is 8.66 Å². The van der Waals surface area contributed by atoms with E-state index in [0.717, 1.165) is 12.2 Å². The van der Waals surface area contributed by atoms with Crippen molar-refractivity contribution in [3.05, 3.63) is 20.8 Å². The zero-order chi connectivity index (χ0) is 12.0. The lowest BCUT2D eigenvalue weighted by atomic mass is 10.2. The fraction of sp³-hybridized carbons (Fsp3) is 0.636. The Morgan fingerprint density at radius 2 is 2.31 bits per heavy atom. The largest absolute Gasteiger partial charge is 0.396 e. The minimum Gasteiger partial charge on any atom is -0.396 e. The fourth-order valence-corrected chi connectivity index (χ4v) is 3.67. The summed E-state index contributed by atoms with van der Waals surface area (Å²) in [5.74, 6) is 1.04. The number of aliphatic hydroxyl groups excluding tert-OH is 1. The summed E-state index contributed by atoms with van der Waals surface area (Å²) in [6.07, 6.45) is 2.91. The third kappa shape index (κ3) is 4.75. The number of thiophene rings is 1. The van der Waals surface area contributed by atoms with Crippen molar-refractivity contribution in [2.24, 2.45) is 0 Å². The van der Waals surface area contributed by atoms with E-state index in [1.54, 1.807) is 11.3 Å². The van der Waals surface area contributed by atoms with Crippen molar-refractivity contribution < 1.29 is 5.11 Å². The summed E-state index contributed by atoms with van der Waals surface area (Å²) in [4.78, 5) is 1.33. The number of hydrogen-bond donors (Lipinski definition) is 2. The Kier molecular flexibility index (Phi) is 7.00. The molecule has 1 aromatic heterocycles. The minimum absolute atomic E-state index is 0.249. The van der Waals surface area contributed by atoms with Crippen molar-refractivity contribution in [3.8, 4) is 0 Å². The smallest absolute Gasteiger partial charge is 0.0701 e. The van der Waals surface area contributed by atoms with Crippen molar-refractivity contribution in [2.45, 2.75) is 25.4 Å². The van der Waals surface area contributed by atoms with Crippen molar-refractivity contribution in [3.63, 3.8) is 0 Å². The van der Waals surface area contributed by atoms with Gasteiger partial charge in [-0.25, -0.2) is 0 Å². The van der Waals surface area contributed by atoms with Gasteiger partial charge >= 0.3 is 0 Å². The highest BCUT2D eigenvalue weighted by Crippen LogP contribution is 2.27. The van der Waals surface area contributed by atoms with Gasteiger partial charge in [-0.2, -0.15) is 11.8 Å². The molecule has 0 saturated heterocycles. The summed E-state index contributed by atoms with van der Waals surface area (Å²) in [6.45, 7) is 2.42. The Morgan fingerprint density at radius 3 is 2.81 bits per heavy atom. The third-order valence-electron chi connectivity index (χ3n) is 2.35. The Hall–Kier alpha value is 0.450. The molecule has 1 aromatic rings. The van der Waals surface area contributed by atoms with E-state index in [2.05, 4.69) is 46.6 Å². The van der Waals surface area contributed by atoms with Crippen LogP contribution in [0, 0.1) is 0 Å². The Labute approximate surface area is 114 Å². The molecule has 16 heavy (non-hydrogen) atoms. The van der Waals surface area contributed by atoms with E-state index < -0.39 is 0 Å². The highest BCUT2D eigenvalue weighted by molar-refractivity contribution is 9.11. The van der Waals surface area contributed by atoms with Crippen LogP contribution in [0.3, 0.4) is 0 Å². The molecule has 0 aromatic carbocycles. The lowest BCUT2D eigenvalue weighted by Crippen LogP contribution is -2.34. The lowest BCUT2D eigenvalue weighted by molar-refractivity contribution is 0.266. The van der Waals surface area contributed by atoms with Gasteiger partial charge in [0.05, 0.1) is 3.79 Å². The van der Waals surface area contributed by atoms with Crippen LogP contribution in [-0.4, -0.2) is 29.8 Å².